The summed E-state index contributed by atoms with van der Waals surface area (Å²) in [5.74, 6) is 1.62. The number of aryl methyl sites for hydroxylation is 1. The van der Waals surface area contributed by atoms with Crippen LogP contribution in [-0.4, -0.2) is 12.1 Å². The minimum absolute atomic E-state index is 0.655. The summed E-state index contributed by atoms with van der Waals surface area (Å²) >= 11 is 0. The van der Waals surface area contributed by atoms with Gasteiger partial charge in [0.15, 0.2) is 0 Å². The Labute approximate surface area is 100 Å². The van der Waals surface area contributed by atoms with Gasteiger partial charge < -0.3 is 15.8 Å². The van der Waals surface area contributed by atoms with E-state index in [1.807, 2.05) is 37.3 Å². The van der Waals surface area contributed by atoms with Crippen LogP contribution in [0.25, 0.3) is 0 Å². The number of hydrogen-bond donors (Lipinski definition) is 2. The highest BCUT2D eigenvalue weighted by Crippen LogP contribution is 2.23. The molecule has 2 aromatic rings. The van der Waals surface area contributed by atoms with Crippen molar-refractivity contribution in [3.8, 4) is 5.75 Å². The van der Waals surface area contributed by atoms with Crippen molar-refractivity contribution < 1.29 is 4.74 Å². The van der Waals surface area contributed by atoms with Gasteiger partial charge in [0.2, 0.25) is 0 Å². The van der Waals surface area contributed by atoms with E-state index in [4.69, 9.17) is 10.5 Å². The lowest BCUT2D eigenvalue weighted by Crippen LogP contribution is -1.96. The molecule has 2 rings (SSSR count). The van der Waals surface area contributed by atoms with Crippen molar-refractivity contribution in [1.29, 1.82) is 0 Å². The number of pyridine rings is 1. The monoisotopic (exact) mass is 229 g/mol. The van der Waals surface area contributed by atoms with Gasteiger partial charge in [-0.1, -0.05) is 0 Å². The van der Waals surface area contributed by atoms with E-state index in [1.54, 1.807) is 13.3 Å². The van der Waals surface area contributed by atoms with E-state index in [0.29, 0.717) is 5.69 Å². The van der Waals surface area contributed by atoms with Crippen molar-refractivity contribution in [2.24, 2.45) is 0 Å². The minimum atomic E-state index is 0.655. The number of aromatic nitrogens is 1. The number of benzene rings is 1. The van der Waals surface area contributed by atoms with E-state index in [1.165, 1.54) is 0 Å². The molecule has 3 N–H and O–H groups in total. The maximum absolute atomic E-state index is 5.58. The predicted molar refractivity (Wildman–Crippen MR) is 69.7 cm³/mol. The Bertz CT molecular complexity index is 509. The summed E-state index contributed by atoms with van der Waals surface area (Å²) in [5, 5.41) is 3.23. The van der Waals surface area contributed by atoms with Crippen molar-refractivity contribution in [2.45, 2.75) is 6.92 Å². The Morgan fingerprint density at radius 3 is 2.65 bits per heavy atom. The fraction of sp³-hybridized carbons (Fsp3) is 0.154. The number of anilines is 3. The molecule has 0 atom stereocenters. The molecule has 88 valence electrons. The first kappa shape index (κ1) is 11.3. The second kappa shape index (κ2) is 4.74. The van der Waals surface area contributed by atoms with Gasteiger partial charge in [0.25, 0.3) is 0 Å². The first-order chi connectivity index (χ1) is 8.19. The first-order valence-electron chi connectivity index (χ1n) is 5.32. The molecule has 0 saturated heterocycles. The van der Waals surface area contributed by atoms with Gasteiger partial charge in [0.05, 0.1) is 19.0 Å². The fourth-order valence-electron chi connectivity index (χ4n) is 1.52. The van der Waals surface area contributed by atoms with Crippen molar-refractivity contribution >= 4 is 17.2 Å². The molecule has 17 heavy (non-hydrogen) atoms. The summed E-state index contributed by atoms with van der Waals surface area (Å²) in [6.45, 7) is 2.02. The molecule has 0 amide bonds. The molecule has 1 aromatic heterocycles. The second-order valence-electron chi connectivity index (χ2n) is 3.78. The standard InChI is InChI=1S/C13H15N3O/c1-9-7-11(17-2)4-5-12(9)16-13-6-3-10(14)8-15-13/h3-8H,14H2,1-2H3,(H,15,16). The lowest BCUT2D eigenvalue weighted by Gasteiger charge is -2.10. The van der Waals surface area contributed by atoms with Crippen LogP contribution in [0.2, 0.25) is 0 Å². The van der Waals surface area contributed by atoms with Gasteiger partial charge in [-0.15, -0.1) is 0 Å². The molecule has 0 bridgehead atoms. The van der Waals surface area contributed by atoms with Gasteiger partial charge in [0.1, 0.15) is 11.6 Å². The molecule has 0 aliphatic heterocycles. The lowest BCUT2D eigenvalue weighted by atomic mass is 10.2. The summed E-state index contributed by atoms with van der Waals surface area (Å²) in [5.41, 5.74) is 8.34. The summed E-state index contributed by atoms with van der Waals surface area (Å²) in [4.78, 5) is 4.19. The Balaban J connectivity index is 2.21. The SMILES string of the molecule is COc1ccc(Nc2ccc(N)cn2)c(C)c1. The number of nitrogens with zero attached hydrogens (tertiary/aromatic N) is 1. The fourth-order valence-corrected chi connectivity index (χ4v) is 1.52. The van der Waals surface area contributed by atoms with Crippen LogP contribution in [0.1, 0.15) is 5.56 Å². The molecule has 4 heteroatoms. The Morgan fingerprint density at radius 2 is 2.06 bits per heavy atom. The van der Waals surface area contributed by atoms with Gasteiger partial charge in [-0.25, -0.2) is 4.98 Å². The van der Waals surface area contributed by atoms with Crippen LogP contribution in [0, 0.1) is 6.92 Å². The topological polar surface area (TPSA) is 60.2 Å². The molecule has 0 fully saturated rings. The molecular formula is C13H15N3O. The van der Waals surface area contributed by atoms with Crippen LogP contribution in [-0.2, 0) is 0 Å². The molecule has 1 heterocycles. The zero-order valence-electron chi connectivity index (χ0n) is 9.90. The first-order valence-corrected chi connectivity index (χ1v) is 5.32. The zero-order valence-corrected chi connectivity index (χ0v) is 9.90. The molecule has 0 aliphatic rings. The third-order valence-corrected chi connectivity index (χ3v) is 2.48. The number of nitrogens with one attached hydrogen (secondary N) is 1. The van der Waals surface area contributed by atoms with Crippen molar-refractivity contribution in [1.82, 2.24) is 4.98 Å². The molecular weight excluding hydrogens is 214 g/mol. The number of nitrogen functional groups attached to an aromatic ring is 1. The van der Waals surface area contributed by atoms with Crippen LogP contribution in [0.3, 0.4) is 0 Å². The molecule has 0 saturated carbocycles. The maximum Gasteiger partial charge on any atom is 0.130 e. The Hall–Kier alpha value is -2.23. The Kier molecular flexibility index (Phi) is 3.14. The van der Waals surface area contributed by atoms with Crippen LogP contribution in [0.5, 0.6) is 5.75 Å². The molecule has 4 nitrogen and oxygen atoms in total. The molecule has 0 aliphatic carbocycles. The minimum Gasteiger partial charge on any atom is -0.497 e. The largest absolute Gasteiger partial charge is 0.497 e. The summed E-state index contributed by atoms with van der Waals surface area (Å²) < 4.78 is 5.16. The van der Waals surface area contributed by atoms with Gasteiger partial charge in [-0.3, -0.25) is 0 Å². The molecule has 0 radical (unpaired) electrons. The molecule has 0 spiro atoms. The molecule has 1 aromatic carbocycles. The van der Waals surface area contributed by atoms with Crippen molar-refractivity contribution in [3.63, 3.8) is 0 Å². The third-order valence-electron chi connectivity index (χ3n) is 2.48. The van der Waals surface area contributed by atoms with Gasteiger partial charge in [-0.2, -0.15) is 0 Å². The van der Waals surface area contributed by atoms with Crippen LogP contribution >= 0.6 is 0 Å². The maximum atomic E-state index is 5.58. The van der Waals surface area contributed by atoms with Crippen LogP contribution in [0.4, 0.5) is 17.2 Å². The van der Waals surface area contributed by atoms with Gasteiger partial charge in [-0.05, 0) is 42.8 Å². The third kappa shape index (κ3) is 2.66. The van der Waals surface area contributed by atoms with E-state index in [0.717, 1.165) is 22.8 Å². The van der Waals surface area contributed by atoms with Crippen LogP contribution < -0.4 is 15.8 Å². The average molecular weight is 229 g/mol. The van der Waals surface area contributed by atoms with Gasteiger partial charge >= 0.3 is 0 Å². The van der Waals surface area contributed by atoms with E-state index < -0.39 is 0 Å². The van der Waals surface area contributed by atoms with Crippen molar-refractivity contribution in [3.05, 3.63) is 42.1 Å². The number of ether oxygens (including phenoxy) is 1. The lowest BCUT2D eigenvalue weighted by molar-refractivity contribution is 0.414. The molecule has 0 unspecified atom stereocenters. The zero-order chi connectivity index (χ0) is 12.3. The second-order valence-corrected chi connectivity index (χ2v) is 3.78. The van der Waals surface area contributed by atoms with E-state index in [9.17, 15) is 0 Å². The van der Waals surface area contributed by atoms with Crippen molar-refractivity contribution in [2.75, 3.05) is 18.2 Å². The predicted octanol–water partition coefficient (Wildman–Crippen LogP) is 2.72. The number of nitrogens with two attached hydrogens (primary N) is 1. The van der Waals surface area contributed by atoms with Gasteiger partial charge in [0, 0.05) is 5.69 Å². The number of rotatable bonds is 3. The quantitative estimate of drug-likeness (QED) is 0.849. The van der Waals surface area contributed by atoms with E-state index in [-0.39, 0.29) is 0 Å². The highest BCUT2D eigenvalue weighted by Gasteiger charge is 2.01. The summed E-state index contributed by atoms with van der Waals surface area (Å²) in [7, 11) is 1.66. The van der Waals surface area contributed by atoms with E-state index >= 15 is 0 Å². The summed E-state index contributed by atoms with van der Waals surface area (Å²) in [6.07, 6.45) is 1.63. The highest BCUT2D eigenvalue weighted by atomic mass is 16.5. The normalized spacial score (nSPS) is 10.0. The summed E-state index contributed by atoms with van der Waals surface area (Å²) in [6, 6.07) is 9.51. The average Bonchev–Trinajstić information content (AvgIpc) is 2.34. The van der Waals surface area contributed by atoms with Crippen LogP contribution in [0.15, 0.2) is 36.5 Å². The van der Waals surface area contributed by atoms with E-state index in [2.05, 4.69) is 10.3 Å². The number of hydrogen-bond acceptors (Lipinski definition) is 4. The smallest absolute Gasteiger partial charge is 0.130 e. The Morgan fingerprint density at radius 1 is 1.24 bits per heavy atom. The highest BCUT2D eigenvalue weighted by molar-refractivity contribution is 5.62. The number of methoxy groups -OCH3 is 1.